The van der Waals surface area contributed by atoms with E-state index < -0.39 is 0 Å². The largest absolute Gasteiger partial charge is 0.496 e. The molecule has 0 radical (unpaired) electrons. The van der Waals surface area contributed by atoms with Crippen LogP contribution in [0.3, 0.4) is 0 Å². The molecule has 0 aliphatic rings. The molecule has 1 heterocycles. The minimum Gasteiger partial charge on any atom is -0.496 e. The maximum Gasteiger partial charge on any atom is 0.282 e. The van der Waals surface area contributed by atoms with Crippen molar-refractivity contribution in [1.82, 2.24) is 9.66 Å². The van der Waals surface area contributed by atoms with Gasteiger partial charge < -0.3 is 14.2 Å². The van der Waals surface area contributed by atoms with Gasteiger partial charge in [-0.2, -0.15) is 9.78 Å². The first-order valence-electron chi connectivity index (χ1n) is 14.8. The summed E-state index contributed by atoms with van der Waals surface area (Å²) in [6.07, 6.45) is 3.92. The van der Waals surface area contributed by atoms with Gasteiger partial charge in [0.2, 0.25) is 0 Å². The summed E-state index contributed by atoms with van der Waals surface area (Å²) in [5.74, 6) is 2.47. The quantitative estimate of drug-likeness (QED) is 0.105. The Kier molecular flexibility index (Phi) is 10.1. The van der Waals surface area contributed by atoms with Gasteiger partial charge in [-0.3, -0.25) is 4.79 Å². The van der Waals surface area contributed by atoms with Crippen molar-refractivity contribution in [2.24, 2.45) is 5.10 Å². The number of aryl methyl sites for hydroxylation is 1. The number of ether oxygens (including phenoxy) is 3. The van der Waals surface area contributed by atoms with Gasteiger partial charge in [-0.05, 0) is 84.5 Å². The fourth-order valence-corrected chi connectivity index (χ4v) is 5.73. The molecule has 0 spiro atoms. The zero-order chi connectivity index (χ0) is 33.0. The van der Waals surface area contributed by atoms with Crippen LogP contribution in [0.15, 0.2) is 89.3 Å². The van der Waals surface area contributed by atoms with Crippen LogP contribution in [0.2, 0.25) is 10.0 Å². The Morgan fingerprint density at radius 3 is 2.43 bits per heavy atom. The second kappa shape index (κ2) is 14.2. The molecule has 5 rings (SSSR count). The van der Waals surface area contributed by atoms with Gasteiger partial charge in [0.1, 0.15) is 12.4 Å². The van der Waals surface area contributed by atoms with E-state index in [9.17, 15) is 4.79 Å². The van der Waals surface area contributed by atoms with Gasteiger partial charge in [0.25, 0.3) is 5.56 Å². The molecule has 0 N–H and O–H groups in total. The first-order chi connectivity index (χ1) is 22.1. The van der Waals surface area contributed by atoms with Crippen molar-refractivity contribution in [2.45, 2.75) is 39.7 Å². The molecule has 0 unspecified atom stereocenters. The third-order valence-corrected chi connectivity index (χ3v) is 8.23. The van der Waals surface area contributed by atoms with Crippen molar-refractivity contribution in [3.05, 3.63) is 128 Å². The van der Waals surface area contributed by atoms with Gasteiger partial charge >= 0.3 is 0 Å². The number of nitrogens with zero attached hydrogens (tertiary/aromatic N) is 3. The molecule has 0 bridgehead atoms. The smallest absolute Gasteiger partial charge is 0.282 e. The zero-order valence-electron chi connectivity index (χ0n) is 26.4. The zero-order valence-corrected chi connectivity index (χ0v) is 27.9. The molecule has 9 heteroatoms. The lowest BCUT2D eigenvalue weighted by Gasteiger charge is -2.18. The Balaban J connectivity index is 1.62. The summed E-state index contributed by atoms with van der Waals surface area (Å²) in [6.45, 7) is 10.3. The molecule has 0 atom stereocenters. The van der Waals surface area contributed by atoms with E-state index in [4.69, 9.17) is 47.5 Å². The highest BCUT2D eigenvalue weighted by Gasteiger charge is 2.19. The Morgan fingerprint density at radius 2 is 1.74 bits per heavy atom. The number of aromatic nitrogens is 2. The van der Waals surface area contributed by atoms with Crippen molar-refractivity contribution in [2.75, 3.05) is 14.2 Å². The monoisotopic (exact) mass is 655 g/mol. The van der Waals surface area contributed by atoms with Gasteiger partial charge in [-0.1, -0.05) is 61.3 Å². The third kappa shape index (κ3) is 6.81. The van der Waals surface area contributed by atoms with Crippen molar-refractivity contribution >= 4 is 40.3 Å². The molecule has 236 valence electrons. The molecule has 0 aliphatic heterocycles. The van der Waals surface area contributed by atoms with Crippen molar-refractivity contribution < 1.29 is 14.2 Å². The number of rotatable bonds is 11. The van der Waals surface area contributed by atoms with Gasteiger partial charge in [0, 0.05) is 26.7 Å². The number of hydrogen-bond acceptors (Lipinski definition) is 6. The fraction of sp³-hybridized carbons (Fsp3) is 0.216. The highest BCUT2D eigenvalue weighted by Crippen LogP contribution is 2.36. The van der Waals surface area contributed by atoms with Crippen molar-refractivity contribution in [1.29, 1.82) is 0 Å². The number of benzene rings is 4. The predicted octanol–water partition coefficient (Wildman–Crippen LogP) is 9.01. The van der Waals surface area contributed by atoms with Crippen LogP contribution >= 0.6 is 23.2 Å². The first kappa shape index (κ1) is 32.8. The molecule has 0 fully saturated rings. The lowest BCUT2D eigenvalue weighted by molar-refractivity contribution is 0.282. The average Bonchev–Trinajstić information content (AvgIpc) is 3.04. The molecule has 4 aromatic carbocycles. The summed E-state index contributed by atoms with van der Waals surface area (Å²) in [6, 6.07) is 20.3. The van der Waals surface area contributed by atoms with E-state index in [1.54, 1.807) is 44.7 Å². The summed E-state index contributed by atoms with van der Waals surface area (Å²) in [7, 11) is 3.23. The number of halogens is 2. The van der Waals surface area contributed by atoms with E-state index in [0.717, 1.165) is 33.6 Å². The Labute approximate surface area is 278 Å². The van der Waals surface area contributed by atoms with E-state index in [2.05, 4.69) is 20.4 Å². The summed E-state index contributed by atoms with van der Waals surface area (Å²) >= 11 is 12.4. The van der Waals surface area contributed by atoms with E-state index in [0.29, 0.717) is 50.3 Å². The maximum atomic E-state index is 13.9. The van der Waals surface area contributed by atoms with E-state index >= 15 is 0 Å². The topological polar surface area (TPSA) is 74.9 Å². The minimum atomic E-state index is -0.281. The SMILES string of the molecule is C=CCc1cc(C=Nn2c(-c3cc(C(C)C)c(OC)cc3C)nc3ccccc3c2=O)cc(OC)c1OCc1ccc(Cl)cc1Cl. The number of hydrogen-bond donors (Lipinski definition) is 0. The highest BCUT2D eigenvalue weighted by molar-refractivity contribution is 6.35. The molecule has 0 saturated carbocycles. The van der Waals surface area contributed by atoms with Crippen LogP contribution in [-0.4, -0.2) is 30.1 Å². The number of allylic oxidation sites excluding steroid dienone is 1. The van der Waals surface area contributed by atoms with Gasteiger partial charge in [-0.15, -0.1) is 6.58 Å². The number of para-hydroxylation sites is 1. The fourth-order valence-electron chi connectivity index (χ4n) is 5.27. The standard InChI is InChI=1S/C37H35Cl2N3O4/c1-7-10-25-16-24(17-34(45-6)35(25)46-21-26-13-14-27(38)18-31(26)39)20-40-42-36(41-32-12-9-8-11-28(32)37(42)43)30-19-29(22(2)3)33(44-5)15-23(30)4/h7-9,11-20,22H,1,10,21H2,2-6H3. The normalized spacial score (nSPS) is 11.4. The van der Waals surface area contributed by atoms with E-state index in [1.807, 2.05) is 55.5 Å². The highest BCUT2D eigenvalue weighted by atomic mass is 35.5. The molecule has 1 aromatic heterocycles. The Morgan fingerprint density at radius 1 is 0.978 bits per heavy atom. The van der Waals surface area contributed by atoms with Crippen LogP contribution in [-0.2, 0) is 13.0 Å². The van der Waals surface area contributed by atoms with Gasteiger partial charge in [0.15, 0.2) is 17.3 Å². The minimum absolute atomic E-state index is 0.186. The van der Waals surface area contributed by atoms with Crippen molar-refractivity contribution in [3.63, 3.8) is 0 Å². The maximum absolute atomic E-state index is 13.9. The molecule has 0 amide bonds. The summed E-state index contributed by atoms with van der Waals surface area (Å²) in [5.41, 5.74) is 5.33. The van der Waals surface area contributed by atoms with Gasteiger partial charge in [0.05, 0.1) is 31.3 Å². The van der Waals surface area contributed by atoms with Crippen LogP contribution in [0.25, 0.3) is 22.3 Å². The molecule has 7 nitrogen and oxygen atoms in total. The molecule has 46 heavy (non-hydrogen) atoms. The van der Waals surface area contributed by atoms with E-state index in [1.165, 1.54) is 4.68 Å². The average molecular weight is 657 g/mol. The van der Waals surface area contributed by atoms with Crippen LogP contribution in [0.5, 0.6) is 17.2 Å². The number of fused-ring (bicyclic) bond motifs is 1. The summed E-state index contributed by atoms with van der Waals surface area (Å²) in [5, 5.41) is 6.24. The lowest BCUT2D eigenvalue weighted by atomic mass is 9.96. The van der Waals surface area contributed by atoms with Gasteiger partial charge in [-0.25, -0.2) is 4.98 Å². The van der Waals surface area contributed by atoms with Crippen LogP contribution in [0, 0.1) is 6.92 Å². The van der Waals surface area contributed by atoms with Crippen LogP contribution in [0.4, 0.5) is 0 Å². The third-order valence-electron chi connectivity index (χ3n) is 7.64. The summed E-state index contributed by atoms with van der Waals surface area (Å²) < 4.78 is 19.0. The molecular weight excluding hydrogens is 621 g/mol. The summed E-state index contributed by atoms with van der Waals surface area (Å²) in [4.78, 5) is 18.8. The van der Waals surface area contributed by atoms with Crippen molar-refractivity contribution in [3.8, 4) is 28.6 Å². The molecule has 0 aliphatic carbocycles. The van der Waals surface area contributed by atoms with Crippen LogP contribution in [0.1, 0.15) is 47.6 Å². The van der Waals surface area contributed by atoms with Crippen LogP contribution < -0.4 is 19.8 Å². The Hall–Kier alpha value is -4.59. The first-order valence-corrected chi connectivity index (χ1v) is 15.5. The van der Waals surface area contributed by atoms with E-state index in [-0.39, 0.29) is 18.1 Å². The molecule has 0 saturated heterocycles. The molecule has 5 aromatic rings. The predicted molar refractivity (Wildman–Crippen MR) is 187 cm³/mol. The number of methoxy groups -OCH3 is 2. The second-order valence-electron chi connectivity index (χ2n) is 11.1. The second-order valence-corrected chi connectivity index (χ2v) is 12.0. The Bertz CT molecular complexity index is 2020. The lowest BCUT2D eigenvalue weighted by Crippen LogP contribution is -2.21. The molecular formula is C37H35Cl2N3O4.